The number of fused-ring (bicyclic) bond motifs is 2. The van der Waals surface area contributed by atoms with E-state index < -0.39 is 18.3 Å². The van der Waals surface area contributed by atoms with E-state index in [4.69, 9.17) is 0 Å². The van der Waals surface area contributed by atoms with Gasteiger partial charge >= 0.3 is 0 Å². The molecule has 0 unspecified atom stereocenters. The molecule has 3 N–H and O–H groups in total. The van der Waals surface area contributed by atoms with Crippen molar-refractivity contribution in [1.82, 2.24) is 0 Å². The van der Waals surface area contributed by atoms with Gasteiger partial charge in [-0.15, -0.1) is 0 Å². The van der Waals surface area contributed by atoms with Gasteiger partial charge in [0.25, 0.3) is 0 Å². The zero-order valence-corrected chi connectivity index (χ0v) is 14.9. The number of aliphatic hydroxyl groups excluding tert-OH is 3. The molecule has 2 aliphatic carbocycles. The summed E-state index contributed by atoms with van der Waals surface area (Å²) >= 11 is 0. The topological polar surface area (TPSA) is 60.7 Å². The molecule has 2 bridgehead atoms. The number of rotatable bonds is 0. The van der Waals surface area contributed by atoms with Crippen LogP contribution >= 0.6 is 0 Å². The fourth-order valence-electron chi connectivity index (χ4n) is 4.44. The number of hydrogen-bond acceptors (Lipinski definition) is 3. The van der Waals surface area contributed by atoms with E-state index in [9.17, 15) is 15.3 Å². The highest BCUT2D eigenvalue weighted by atomic mass is 16.3. The number of aliphatic hydroxyl groups is 3. The van der Waals surface area contributed by atoms with Gasteiger partial charge in [0, 0.05) is 0 Å². The van der Waals surface area contributed by atoms with E-state index in [-0.39, 0.29) is 17.3 Å². The monoisotopic (exact) mass is 320 g/mol. The summed E-state index contributed by atoms with van der Waals surface area (Å²) in [6, 6.07) is 0. The molecule has 2 aliphatic rings. The summed E-state index contributed by atoms with van der Waals surface area (Å²) in [6.07, 6.45) is 4.84. The van der Waals surface area contributed by atoms with Crippen LogP contribution in [0.4, 0.5) is 0 Å². The van der Waals surface area contributed by atoms with Crippen LogP contribution < -0.4 is 0 Å². The second-order valence-electron chi connectivity index (χ2n) is 8.11. The molecule has 1 fully saturated rings. The van der Waals surface area contributed by atoms with Crippen molar-refractivity contribution in [3.8, 4) is 0 Å². The Morgan fingerprint density at radius 1 is 1.13 bits per heavy atom. The molecule has 23 heavy (non-hydrogen) atoms. The lowest BCUT2D eigenvalue weighted by atomic mass is 9.57. The maximum atomic E-state index is 10.7. The largest absolute Gasteiger partial charge is 0.389 e. The Morgan fingerprint density at radius 3 is 2.43 bits per heavy atom. The summed E-state index contributed by atoms with van der Waals surface area (Å²) < 4.78 is 0. The zero-order chi connectivity index (χ0) is 17.4. The number of allylic oxidation sites excluding steroid dienone is 1. The van der Waals surface area contributed by atoms with Crippen LogP contribution in [0.5, 0.6) is 0 Å². The highest BCUT2D eigenvalue weighted by molar-refractivity contribution is 5.19. The minimum atomic E-state index is -0.622. The van der Waals surface area contributed by atoms with E-state index in [1.165, 1.54) is 5.57 Å². The van der Waals surface area contributed by atoms with Gasteiger partial charge in [-0.2, -0.15) is 0 Å². The second kappa shape index (κ2) is 6.92. The van der Waals surface area contributed by atoms with Crippen molar-refractivity contribution in [2.45, 2.75) is 71.7 Å². The van der Waals surface area contributed by atoms with Crippen LogP contribution in [-0.4, -0.2) is 33.6 Å². The molecule has 3 nitrogen and oxygen atoms in total. The fourth-order valence-corrected chi connectivity index (χ4v) is 4.44. The Bertz CT molecular complexity index is 515. The molecule has 0 heterocycles. The van der Waals surface area contributed by atoms with Crippen molar-refractivity contribution < 1.29 is 15.3 Å². The van der Waals surface area contributed by atoms with Gasteiger partial charge in [0.1, 0.15) is 0 Å². The Kier molecular flexibility index (Phi) is 5.55. The molecule has 0 spiro atoms. The highest BCUT2D eigenvalue weighted by Gasteiger charge is 2.45. The van der Waals surface area contributed by atoms with Gasteiger partial charge in [0.05, 0.1) is 18.3 Å². The fraction of sp³-hybridized carbons (Fsp3) is 0.700. The van der Waals surface area contributed by atoms with Crippen molar-refractivity contribution in [3.63, 3.8) is 0 Å². The predicted octanol–water partition coefficient (Wildman–Crippen LogP) is 3.36. The summed E-state index contributed by atoms with van der Waals surface area (Å²) in [7, 11) is 0. The molecular weight excluding hydrogens is 288 g/mol. The van der Waals surface area contributed by atoms with Crippen molar-refractivity contribution in [3.05, 3.63) is 35.5 Å². The molecular formula is C20H32O3. The van der Waals surface area contributed by atoms with Gasteiger partial charge in [-0.3, -0.25) is 0 Å². The lowest BCUT2D eigenvalue weighted by molar-refractivity contribution is -0.00181. The van der Waals surface area contributed by atoms with Gasteiger partial charge in [-0.05, 0) is 62.4 Å². The van der Waals surface area contributed by atoms with E-state index in [2.05, 4.69) is 20.4 Å². The Morgan fingerprint density at radius 2 is 1.78 bits per heavy atom. The summed E-state index contributed by atoms with van der Waals surface area (Å²) in [5, 5.41) is 31.5. The van der Waals surface area contributed by atoms with Crippen molar-refractivity contribution in [1.29, 1.82) is 0 Å². The first-order chi connectivity index (χ1) is 10.6. The molecule has 5 atom stereocenters. The number of hydrogen-bond donors (Lipinski definition) is 3. The third-order valence-corrected chi connectivity index (χ3v) is 5.96. The third kappa shape index (κ3) is 3.96. The lowest BCUT2D eigenvalue weighted by Gasteiger charge is -2.48. The Hall–Kier alpha value is -0.900. The first-order valence-electron chi connectivity index (χ1n) is 8.70. The lowest BCUT2D eigenvalue weighted by Crippen LogP contribution is -2.44. The van der Waals surface area contributed by atoms with Crippen molar-refractivity contribution in [2.24, 2.45) is 17.3 Å². The summed E-state index contributed by atoms with van der Waals surface area (Å²) in [6.45, 7) is 12.4. The van der Waals surface area contributed by atoms with E-state index in [1.54, 1.807) is 6.08 Å². The summed E-state index contributed by atoms with van der Waals surface area (Å²) in [4.78, 5) is 0. The van der Waals surface area contributed by atoms with Crippen molar-refractivity contribution >= 4 is 0 Å². The van der Waals surface area contributed by atoms with Crippen LogP contribution in [0.25, 0.3) is 0 Å². The standard InChI is InChI=1S/C20H32O3/c1-12-8-15(21)10-14(3)18(22)11-17-13(2)6-7-16(19(23)9-12)20(17,4)5/h9-10,15-19,21-23H,2,6-8,11H2,1,3-5H3/b12-9+,14-10+/t15-,16+,17-,18-,19+/m1/s1. The van der Waals surface area contributed by atoms with E-state index >= 15 is 0 Å². The van der Waals surface area contributed by atoms with Crippen LogP contribution in [0.3, 0.4) is 0 Å². The molecule has 0 aromatic carbocycles. The van der Waals surface area contributed by atoms with Gasteiger partial charge < -0.3 is 15.3 Å². The molecule has 130 valence electrons. The average Bonchev–Trinajstić information content (AvgIpc) is 2.41. The zero-order valence-electron chi connectivity index (χ0n) is 14.9. The average molecular weight is 320 g/mol. The van der Waals surface area contributed by atoms with Crippen LogP contribution in [0.15, 0.2) is 35.5 Å². The molecule has 3 heteroatoms. The maximum absolute atomic E-state index is 10.7. The van der Waals surface area contributed by atoms with Gasteiger partial charge in [0.2, 0.25) is 0 Å². The van der Waals surface area contributed by atoms with Gasteiger partial charge in [-0.1, -0.05) is 43.7 Å². The maximum Gasteiger partial charge on any atom is 0.0761 e. The molecule has 2 rings (SSSR count). The van der Waals surface area contributed by atoms with Crippen LogP contribution in [0.1, 0.15) is 53.4 Å². The first kappa shape index (κ1) is 18.4. The van der Waals surface area contributed by atoms with E-state index in [1.807, 2.05) is 19.9 Å². The third-order valence-electron chi connectivity index (χ3n) is 5.96. The second-order valence-corrected chi connectivity index (χ2v) is 8.11. The molecule has 0 aromatic rings. The minimum Gasteiger partial charge on any atom is -0.389 e. The molecule has 0 amide bonds. The smallest absolute Gasteiger partial charge is 0.0761 e. The summed E-state index contributed by atoms with van der Waals surface area (Å²) in [5.74, 6) is 0.306. The van der Waals surface area contributed by atoms with E-state index in [0.29, 0.717) is 12.8 Å². The normalized spacial score (nSPS) is 43.4. The Labute approximate surface area is 140 Å². The molecule has 0 aromatic heterocycles. The van der Waals surface area contributed by atoms with E-state index in [0.717, 1.165) is 24.0 Å². The first-order valence-corrected chi connectivity index (χ1v) is 8.70. The molecule has 0 radical (unpaired) electrons. The van der Waals surface area contributed by atoms with Gasteiger partial charge in [-0.25, -0.2) is 0 Å². The molecule has 1 saturated carbocycles. The predicted molar refractivity (Wildman–Crippen MR) is 93.9 cm³/mol. The SMILES string of the molecule is C=C1CC[C@H]2[C@@H](O)/C=C(\C)C[C@@H](O)/C=C(\C)[C@H](O)C[C@H]1C2(C)C. The van der Waals surface area contributed by atoms with Crippen LogP contribution in [0, 0.1) is 17.3 Å². The Balaban J connectivity index is 2.44. The quantitative estimate of drug-likeness (QED) is 0.600. The van der Waals surface area contributed by atoms with Crippen LogP contribution in [0.2, 0.25) is 0 Å². The minimum absolute atomic E-state index is 0.120. The van der Waals surface area contributed by atoms with Crippen LogP contribution in [-0.2, 0) is 0 Å². The summed E-state index contributed by atoms with van der Waals surface area (Å²) in [5.41, 5.74) is 2.85. The molecule has 0 aliphatic heterocycles. The van der Waals surface area contributed by atoms with Crippen molar-refractivity contribution in [2.75, 3.05) is 0 Å². The highest BCUT2D eigenvalue weighted by Crippen LogP contribution is 2.51. The molecule has 0 saturated heterocycles. The van der Waals surface area contributed by atoms with Gasteiger partial charge in [0.15, 0.2) is 0 Å².